The summed E-state index contributed by atoms with van der Waals surface area (Å²) >= 11 is 0.833. The molecule has 1 aliphatic rings. The van der Waals surface area contributed by atoms with E-state index in [9.17, 15) is 19.2 Å². The summed E-state index contributed by atoms with van der Waals surface area (Å²) in [5, 5.41) is 0.0320. The van der Waals surface area contributed by atoms with Crippen LogP contribution in [0.1, 0.15) is 47.3 Å². The van der Waals surface area contributed by atoms with Crippen LogP contribution < -0.4 is 5.73 Å². The number of hydrogen-bond donors (Lipinski definition) is 1. The molecule has 35 heavy (non-hydrogen) atoms. The third kappa shape index (κ3) is 4.62. The van der Waals surface area contributed by atoms with Crippen LogP contribution in [0.2, 0.25) is 0 Å². The zero-order chi connectivity index (χ0) is 25.1. The Hall–Kier alpha value is -4.12. The molecule has 0 bridgehead atoms. The van der Waals surface area contributed by atoms with Crippen molar-refractivity contribution in [2.45, 2.75) is 25.6 Å². The highest BCUT2D eigenvalue weighted by atomic mass is 32.1. The summed E-state index contributed by atoms with van der Waals surface area (Å²) < 4.78 is 20.3. The van der Waals surface area contributed by atoms with Gasteiger partial charge in [0.15, 0.2) is 5.76 Å². The van der Waals surface area contributed by atoms with E-state index in [-0.39, 0.29) is 39.7 Å². The molecule has 2 N–H and O–H groups in total. The van der Waals surface area contributed by atoms with Crippen LogP contribution in [0, 0.1) is 0 Å². The average molecular weight is 499 g/mol. The molecule has 3 heterocycles. The van der Waals surface area contributed by atoms with Crippen LogP contribution in [0.4, 0.5) is 5.00 Å². The van der Waals surface area contributed by atoms with E-state index in [0.717, 1.165) is 22.5 Å². The van der Waals surface area contributed by atoms with Gasteiger partial charge in [0.2, 0.25) is 0 Å². The van der Waals surface area contributed by atoms with E-state index in [1.54, 1.807) is 6.07 Å². The molecule has 0 saturated heterocycles. The van der Waals surface area contributed by atoms with Crippen molar-refractivity contribution in [2.75, 3.05) is 20.0 Å². The monoisotopic (exact) mass is 498 g/mol. The second-order valence-electron chi connectivity index (χ2n) is 7.64. The van der Waals surface area contributed by atoms with Crippen LogP contribution in [0.25, 0.3) is 0 Å². The molecular weight excluding hydrogens is 476 g/mol. The fourth-order valence-corrected chi connectivity index (χ4v) is 4.91. The number of methoxy groups -OCH3 is 2. The van der Waals surface area contributed by atoms with Crippen LogP contribution in [0.5, 0.6) is 0 Å². The number of ether oxygens (including phenoxy) is 3. The van der Waals surface area contributed by atoms with E-state index in [1.807, 2.05) is 24.3 Å². The van der Waals surface area contributed by atoms with Gasteiger partial charge in [-0.15, -0.1) is 11.3 Å². The zero-order valence-electron chi connectivity index (χ0n) is 18.9. The lowest BCUT2D eigenvalue weighted by molar-refractivity contribution is -0.151. The van der Waals surface area contributed by atoms with E-state index in [0.29, 0.717) is 0 Å². The Bertz CT molecular complexity index is 1280. The molecule has 0 radical (unpaired) electrons. The first-order chi connectivity index (χ1) is 16.8. The lowest BCUT2D eigenvalue weighted by atomic mass is 9.93. The predicted octanol–water partition coefficient (Wildman–Crippen LogP) is 2.81. The maximum absolute atomic E-state index is 13.3. The van der Waals surface area contributed by atoms with Gasteiger partial charge in [0.1, 0.15) is 28.1 Å². The first-order valence-electron chi connectivity index (χ1n) is 10.5. The van der Waals surface area contributed by atoms with E-state index in [4.69, 9.17) is 24.4 Å². The number of nitrogens with two attached hydrogens (primary N) is 1. The summed E-state index contributed by atoms with van der Waals surface area (Å²) in [5.41, 5.74) is 7.76. The molecule has 0 fully saturated rings. The number of nitrogen functional groups attached to an aromatic ring is 1. The standard InChI is InChI=1S/C24H22N2O8S/c1-31-23(29)18-15(19(24(30)32-2)35-20(18)25)12-34-22(28)16-10-13-6-3-4-7-14(13)11-26(16)21(27)17-8-5-9-33-17/h3-9,16H,10-12,25H2,1-2H3. The average Bonchev–Trinajstić information content (AvgIpc) is 3.53. The molecule has 2 aromatic heterocycles. The summed E-state index contributed by atoms with van der Waals surface area (Å²) in [6, 6.07) is 9.63. The van der Waals surface area contributed by atoms with Gasteiger partial charge >= 0.3 is 17.9 Å². The molecule has 1 amide bonds. The summed E-state index contributed by atoms with van der Waals surface area (Å²) in [7, 11) is 2.36. The Labute approximate surface area is 204 Å². The van der Waals surface area contributed by atoms with Crippen molar-refractivity contribution in [2.24, 2.45) is 0 Å². The van der Waals surface area contributed by atoms with Gasteiger partial charge in [0.25, 0.3) is 5.91 Å². The van der Waals surface area contributed by atoms with E-state index in [2.05, 4.69) is 0 Å². The normalized spacial score (nSPS) is 14.7. The molecule has 1 aromatic carbocycles. The second kappa shape index (κ2) is 10.0. The molecule has 0 aliphatic carbocycles. The summed E-state index contributed by atoms with van der Waals surface area (Å²) in [6.45, 7) is -0.260. The molecule has 11 heteroatoms. The van der Waals surface area contributed by atoms with Crippen molar-refractivity contribution < 1.29 is 37.8 Å². The van der Waals surface area contributed by atoms with Gasteiger partial charge in [0, 0.05) is 18.5 Å². The summed E-state index contributed by atoms with van der Waals surface area (Å²) in [6.07, 6.45) is 1.60. The van der Waals surface area contributed by atoms with Crippen LogP contribution in [0.15, 0.2) is 47.1 Å². The number of benzene rings is 1. The van der Waals surface area contributed by atoms with Crippen molar-refractivity contribution in [1.82, 2.24) is 4.90 Å². The number of thiophene rings is 1. The van der Waals surface area contributed by atoms with Gasteiger partial charge < -0.3 is 29.3 Å². The lowest BCUT2D eigenvalue weighted by Crippen LogP contribution is -2.49. The zero-order valence-corrected chi connectivity index (χ0v) is 19.8. The molecule has 0 spiro atoms. The highest BCUT2D eigenvalue weighted by molar-refractivity contribution is 7.18. The Morgan fingerprint density at radius 2 is 1.77 bits per heavy atom. The van der Waals surface area contributed by atoms with Crippen LogP contribution in [-0.4, -0.2) is 49.0 Å². The highest BCUT2D eigenvalue weighted by Crippen LogP contribution is 2.33. The van der Waals surface area contributed by atoms with Crippen molar-refractivity contribution in [3.63, 3.8) is 0 Å². The number of fused-ring (bicyclic) bond motifs is 1. The van der Waals surface area contributed by atoms with E-state index >= 15 is 0 Å². The van der Waals surface area contributed by atoms with Crippen molar-refractivity contribution in [1.29, 1.82) is 0 Å². The Morgan fingerprint density at radius 1 is 1.06 bits per heavy atom. The van der Waals surface area contributed by atoms with E-state index in [1.165, 1.54) is 31.4 Å². The maximum Gasteiger partial charge on any atom is 0.348 e. The maximum atomic E-state index is 13.3. The number of carbonyl (C=O) groups excluding carboxylic acids is 4. The number of nitrogens with zero attached hydrogens (tertiary/aromatic N) is 1. The van der Waals surface area contributed by atoms with Gasteiger partial charge in [-0.2, -0.15) is 0 Å². The number of rotatable bonds is 6. The fraction of sp³-hybridized carbons (Fsp3) is 0.250. The predicted molar refractivity (Wildman–Crippen MR) is 124 cm³/mol. The van der Waals surface area contributed by atoms with Crippen molar-refractivity contribution in [3.05, 3.63) is 75.6 Å². The molecule has 3 aromatic rings. The van der Waals surface area contributed by atoms with Gasteiger partial charge in [-0.1, -0.05) is 24.3 Å². The summed E-state index contributed by atoms with van der Waals surface area (Å²) in [4.78, 5) is 52.3. The Balaban J connectivity index is 1.63. The smallest absolute Gasteiger partial charge is 0.348 e. The van der Waals surface area contributed by atoms with E-state index < -0.39 is 36.5 Å². The van der Waals surface area contributed by atoms with Crippen LogP contribution in [-0.2, 0) is 38.6 Å². The topological polar surface area (TPSA) is 138 Å². The minimum absolute atomic E-state index is 0.0238. The van der Waals surface area contributed by atoms with Gasteiger partial charge in [-0.05, 0) is 23.3 Å². The number of carbonyl (C=O) groups is 4. The molecule has 4 rings (SSSR count). The van der Waals surface area contributed by atoms with Crippen molar-refractivity contribution in [3.8, 4) is 0 Å². The molecule has 1 aliphatic heterocycles. The second-order valence-corrected chi connectivity index (χ2v) is 8.69. The minimum Gasteiger partial charge on any atom is -0.465 e. The third-order valence-electron chi connectivity index (χ3n) is 5.67. The number of anilines is 1. The third-order valence-corrected chi connectivity index (χ3v) is 6.71. The van der Waals surface area contributed by atoms with Gasteiger partial charge in [0.05, 0.1) is 20.5 Å². The highest BCUT2D eigenvalue weighted by Gasteiger charge is 2.37. The number of hydrogen-bond acceptors (Lipinski definition) is 10. The number of esters is 3. The number of furan rings is 1. The van der Waals surface area contributed by atoms with Crippen LogP contribution in [0.3, 0.4) is 0 Å². The SMILES string of the molecule is COC(=O)c1sc(N)c(C(=O)OC)c1COC(=O)C1Cc2ccccc2CN1C(=O)c1ccco1. The fourth-order valence-electron chi connectivity index (χ4n) is 3.93. The Kier molecular flexibility index (Phi) is 6.87. The molecule has 1 atom stereocenters. The van der Waals surface area contributed by atoms with Crippen molar-refractivity contribution >= 4 is 40.2 Å². The van der Waals surface area contributed by atoms with Gasteiger partial charge in [-0.3, -0.25) is 4.79 Å². The first kappa shape index (κ1) is 24.0. The molecule has 1 unspecified atom stereocenters. The van der Waals surface area contributed by atoms with Crippen LogP contribution >= 0.6 is 11.3 Å². The molecular formula is C24H22N2O8S. The summed E-state index contributed by atoms with van der Waals surface area (Å²) in [5.74, 6) is -2.59. The quantitative estimate of drug-likeness (QED) is 0.401. The largest absolute Gasteiger partial charge is 0.465 e. The molecule has 182 valence electrons. The Morgan fingerprint density at radius 3 is 2.43 bits per heavy atom. The lowest BCUT2D eigenvalue weighted by Gasteiger charge is -2.34. The van der Waals surface area contributed by atoms with Gasteiger partial charge in [-0.25, -0.2) is 14.4 Å². The molecule has 0 saturated carbocycles. The minimum atomic E-state index is -0.957. The molecule has 10 nitrogen and oxygen atoms in total. The number of amides is 1. The first-order valence-corrected chi connectivity index (χ1v) is 11.3.